The van der Waals surface area contributed by atoms with Gasteiger partial charge >= 0.3 is 0 Å². The molecule has 0 spiro atoms. The van der Waals surface area contributed by atoms with Gasteiger partial charge in [-0.3, -0.25) is 9.98 Å². The minimum absolute atomic E-state index is 0. The fraction of sp³-hybridized carbons (Fsp3) is 0.238. The molecule has 0 amide bonds. The van der Waals surface area contributed by atoms with E-state index >= 15 is 0 Å². The van der Waals surface area contributed by atoms with Gasteiger partial charge in [0.2, 0.25) is 0 Å². The third kappa shape index (κ3) is 5.15. The standard InChI is InChI=1S/C21H23FN4.HI/c1-14-9-10-17(12-19(14)22)15(2)26-21(23-3)25-13-18-7-4-6-16-8-5-11-24-20(16)18;/h4-12,15H,13H2,1-3H3,(H2,23,25,26);1H. The van der Waals surface area contributed by atoms with E-state index in [2.05, 4.69) is 20.6 Å². The highest BCUT2D eigenvalue weighted by Crippen LogP contribution is 2.17. The van der Waals surface area contributed by atoms with E-state index in [-0.39, 0.29) is 35.8 Å². The van der Waals surface area contributed by atoms with Crippen LogP contribution in [0.5, 0.6) is 0 Å². The van der Waals surface area contributed by atoms with E-state index in [0.717, 1.165) is 22.0 Å². The molecule has 3 rings (SSSR count). The van der Waals surface area contributed by atoms with Crippen LogP contribution < -0.4 is 10.6 Å². The summed E-state index contributed by atoms with van der Waals surface area (Å²) in [4.78, 5) is 8.74. The van der Waals surface area contributed by atoms with Gasteiger partial charge in [-0.15, -0.1) is 24.0 Å². The van der Waals surface area contributed by atoms with Crippen molar-refractivity contribution in [1.82, 2.24) is 15.6 Å². The number of fused-ring (bicyclic) bond motifs is 1. The number of aryl methyl sites for hydroxylation is 1. The summed E-state index contributed by atoms with van der Waals surface area (Å²) < 4.78 is 13.8. The first kappa shape index (κ1) is 21.1. The Labute approximate surface area is 176 Å². The molecule has 142 valence electrons. The predicted octanol–water partition coefficient (Wildman–Crippen LogP) is 4.73. The number of halogens is 2. The Balaban J connectivity index is 0.00000261. The van der Waals surface area contributed by atoms with Gasteiger partial charge in [0.05, 0.1) is 11.6 Å². The highest BCUT2D eigenvalue weighted by atomic mass is 127. The van der Waals surface area contributed by atoms with Gasteiger partial charge in [0.15, 0.2) is 5.96 Å². The molecule has 0 saturated carbocycles. The fourth-order valence-corrected chi connectivity index (χ4v) is 2.85. The van der Waals surface area contributed by atoms with Crippen LogP contribution in [0.25, 0.3) is 10.9 Å². The van der Waals surface area contributed by atoms with Gasteiger partial charge in [-0.2, -0.15) is 0 Å². The lowest BCUT2D eigenvalue weighted by Crippen LogP contribution is -2.38. The van der Waals surface area contributed by atoms with Crippen molar-refractivity contribution >= 4 is 40.8 Å². The van der Waals surface area contributed by atoms with Crippen molar-refractivity contribution in [1.29, 1.82) is 0 Å². The number of nitrogens with one attached hydrogen (secondary N) is 2. The number of benzene rings is 2. The van der Waals surface area contributed by atoms with E-state index in [9.17, 15) is 4.39 Å². The summed E-state index contributed by atoms with van der Waals surface area (Å²) in [5.74, 6) is 0.465. The Morgan fingerprint density at radius 1 is 1.19 bits per heavy atom. The molecule has 1 aromatic heterocycles. The lowest BCUT2D eigenvalue weighted by Gasteiger charge is -2.19. The molecule has 3 aromatic rings. The molecule has 27 heavy (non-hydrogen) atoms. The maximum Gasteiger partial charge on any atom is 0.191 e. The number of hydrogen-bond donors (Lipinski definition) is 2. The van der Waals surface area contributed by atoms with Crippen LogP contribution in [0.4, 0.5) is 4.39 Å². The van der Waals surface area contributed by atoms with Gasteiger partial charge < -0.3 is 10.6 Å². The summed E-state index contributed by atoms with van der Waals surface area (Å²) in [5, 5.41) is 7.72. The maximum absolute atomic E-state index is 13.8. The Morgan fingerprint density at radius 2 is 1.96 bits per heavy atom. The smallest absolute Gasteiger partial charge is 0.191 e. The second-order valence-corrected chi connectivity index (χ2v) is 6.29. The minimum atomic E-state index is -0.194. The first-order chi connectivity index (χ1) is 12.6. The van der Waals surface area contributed by atoms with E-state index in [1.807, 2.05) is 43.3 Å². The lowest BCUT2D eigenvalue weighted by atomic mass is 10.1. The van der Waals surface area contributed by atoms with E-state index in [4.69, 9.17) is 0 Å². The molecular formula is C21H24FIN4. The molecule has 0 aliphatic rings. The summed E-state index contributed by atoms with van der Waals surface area (Å²) in [6, 6.07) is 15.3. The van der Waals surface area contributed by atoms with Crippen LogP contribution in [-0.4, -0.2) is 18.0 Å². The van der Waals surface area contributed by atoms with Crippen molar-refractivity contribution in [3.05, 3.63) is 77.2 Å². The molecule has 1 unspecified atom stereocenters. The minimum Gasteiger partial charge on any atom is -0.352 e. The molecule has 1 heterocycles. The number of pyridine rings is 1. The van der Waals surface area contributed by atoms with E-state index in [1.165, 1.54) is 0 Å². The monoisotopic (exact) mass is 478 g/mol. The molecule has 0 fully saturated rings. The second kappa shape index (κ2) is 9.64. The van der Waals surface area contributed by atoms with Crippen LogP contribution in [0.2, 0.25) is 0 Å². The fourth-order valence-electron chi connectivity index (χ4n) is 2.85. The second-order valence-electron chi connectivity index (χ2n) is 6.29. The topological polar surface area (TPSA) is 49.3 Å². The van der Waals surface area contributed by atoms with Crippen LogP contribution in [0.3, 0.4) is 0 Å². The predicted molar refractivity (Wildman–Crippen MR) is 120 cm³/mol. The van der Waals surface area contributed by atoms with E-state index in [1.54, 1.807) is 32.3 Å². The van der Waals surface area contributed by atoms with Crippen molar-refractivity contribution in [3.63, 3.8) is 0 Å². The zero-order chi connectivity index (χ0) is 18.5. The van der Waals surface area contributed by atoms with Crippen LogP contribution >= 0.6 is 24.0 Å². The molecule has 4 nitrogen and oxygen atoms in total. The average molecular weight is 478 g/mol. The molecule has 0 aliphatic heterocycles. The van der Waals surface area contributed by atoms with Crippen molar-refractivity contribution in [2.24, 2.45) is 4.99 Å². The van der Waals surface area contributed by atoms with E-state index < -0.39 is 0 Å². The number of para-hydroxylation sites is 1. The van der Waals surface area contributed by atoms with Gasteiger partial charge in [-0.1, -0.05) is 36.4 Å². The average Bonchev–Trinajstić information content (AvgIpc) is 2.67. The molecule has 2 aromatic carbocycles. The zero-order valence-electron chi connectivity index (χ0n) is 15.7. The van der Waals surface area contributed by atoms with Crippen molar-refractivity contribution in [2.75, 3.05) is 7.05 Å². The number of aliphatic imine (C=N–C) groups is 1. The molecule has 2 N–H and O–H groups in total. The highest BCUT2D eigenvalue weighted by Gasteiger charge is 2.10. The molecule has 0 aliphatic carbocycles. The quantitative estimate of drug-likeness (QED) is 0.324. The summed E-state index contributed by atoms with van der Waals surface area (Å²) in [5.41, 5.74) is 3.60. The number of guanidine groups is 1. The molecule has 1 atom stereocenters. The van der Waals surface area contributed by atoms with Gasteiger partial charge in [0.1, 0.15) is 5.82 Å². The summed E-state index contributed by atoms with van der Waals surface area (Å²) in [6.45, 7) is 4.34. The molecule has 0 saturated heterocycles. The summed E-state index contributed by atoms with van der Waals surface area (Å²) in [7, 11) is 1.72. The van der Waals surface area contributed by atoms with Crippen LogP contribution in [0.1, 0.15) is 29.7 Å². The largest absolute Gasteiger partial charge is 0.352 e. The summed E-state index contributed by atoms with van der Waals surface area (Å²) in [6.07, 6.45) is 1.80. The normalized spacial score (nSPS) is 12.4. The Kier molecular flexibility index (Phi) is 7.53. The van der Waals surface area contributed by atoms with Gasteiger partial charge in [0, 0.05) is 25.2 Å². The van der Waals surface area contributed by atoms with Gasteiger partial charge in [0.25, 0.3) is 0 Å². The number of nitrogens with zero attached hydrogens (tertiary/aromatic N) is 2. The van der Waals surface area contributed by atoms with Gasteiger partial charge in [-0.25, -0.2) is 4.39 Å². The third-order valence-electron chi connectivity index (χ3n) is 4.44. The Bertz CT molecular complexity index is 937. The van der Waals surface area contributed by atoms with Crippen molar-refractivity contribution in [2.45, 2.75) is 26.4 Å². The van der Waals surface area contributed by atoms with Gasteiger partial charge in [-0.05, 0) is 42.7 Å². The Morgan fingerprint density at radius 3 is 2.70 bits per heavy atom. The van der Waals surface area contributed by atoms with Crippen molar-refractivity contribution < 1.29 is 4.39 Å². The Hall–Kier alpha value is -2.22. The number of hydrogen-bond acceptors (Lipinski definition) is 2. The molecule has 0 bridgehead atoms. The van der Waals surface area contributed by atoms with E-state index in [0.29, 0.717) is 18.1 Å². The first-order valence-electron chi connectivity index (χ1n) is 8.64. The molecular weight excluding hydrogens is 454 g/mol. The molecule has 6 heteroatoms. The first-order valence-corrected chi connectivity index (χ1v) is 8.64. The van der Waals surface area contributed by atoms with Crippen LogP contribution in [-0.2, 0) is 6.54 Å². The SMILES string of the molecule is CN=C(NCc1cccc2cccnc12)NC(C)c1ccc(C)c(F)c1.I. The molecule has 0 radical (unpaired) electrons. The third-order valence-corrected chi connectivity index (χ3v) is 4.44. The van der Waals surface area contributed by atoms with Crippen molar-refractivity contribution in [3.8, 4) is 0 Å². The summed E-state index contributed by atoms with van der Waals surface area (Å²) >= 11 is 0. The zero-order valence-corrected chi connectivity index (χ0v) is 18.0. The lowest BCUT2D eigenvalue weighted by molar-refractivity contribution is 0.607. The van der Waals surface area contributed by atoms with Crippen LogP contribution in [0, 0.1) is 12.7 Å². The van der Waals surface area contributed by atoms with Crippen LogP contribution in [0.15, 0.2) is 59.7 Å². The maximum atomic E-state index is 13.8. The number of rotatable bonds is 4. The number of aromatic nitrogens is 1. The highest BCUT2D eigenvalue weighted by molar-refractivity contribution is 14.0.